The van der Waals surface area contributed by atoms with Gasteiger partial charge in [-0.2, -0.15) is 4.98 Å². The van der Waals surface area contributed by atoms with Crippen molar-refractivity contribution in [3.63, 3.8) is 0 Å². The van der Waals surface area contributed by atoms with Gasteiger partial charge in [-0.25, -0.2) is 4.98 Å². The summed E-state index contributed by atoms with van der Waals surface area (Å²) in [5.41, 5.74) is 12.3. The van der Waals surface area contributed by atoms with Gasteiger partial charge in [-0.15, -0.1) is 0 Å². The molecule has 26 heavy (non-hydrogen) atoms. The Morgan fingerprint density at radius 3 is 2.46 bits per heavy atom. The molecule has 0 amide bonds. The highest BCUT2D eigenvalue weighted by molar-refractivity contribution is 5.86. The molecule has 0 radical (unpaired) electrons. The molecule has 3 aromatic carbocycles. The zero-order valence-electron chi connectivity index (χ0n) is 13.3. The molecule has 5 rings (SSSR count). The second-order valence-electron chi connectivity index (χ2n) is 5.89. The van der Waals surface area contributed by atoms with Crippen molar-refractivity contribution in [1.29, 1.82) is 0 Å². The molecule has 0 aliphatic carbocycles. The Morgan fingerprint density at radius 2 is 1.62 bits per heavy atom. The third-order valence-electron chi connectivity index (χ3n) is 4.32. The van der Waals surface area contributed by atoms with E-state index in [1.165, 1.54) is 0 Å². The third kappa shape index (κ3) is 2.50. The summed E-state index contributed by atoms with van der Waals surface area (Å²) in [4.78, 5) is 8.71. The predicted molar refractivity (Wildman–Crippen MR) is 105 cm³/mol. The van der Waals surface area contributed by atoms with Crippen molar-refractivity contribution in [3.8, 4) is 16.8 Å². The average molecular weight is 342 g/mol. The molecule has 5 nitrogen and oxygen atoms in total. The number of rotatable bonds is 2. The minimum absolute atomic E-state index is 0. The van der Waals surface area contributed by atoms with Crippen molar-refractivity contribution in [2.24, 2.45) is 0 Å². The summed E-state index contributed by atoms with van der Waals surface area (Å²) in [5.74, 6) is 0. The fourth-order valence-electron chi connectivity index (χ4n) is 3.11. The molecule has 2 heterocycles. The van der Waals surface area contributed by atoms with Gasteiger partial charge in [0.25, 0.3) is 6.01 Å². The van der Waals surface area contributed by atoms with E-state index in [0.717, 1.165) is 33.4 Å². The Kier molecular flexibility index (Phi) is 3.69. The molecule has 0 spiro atoms. The molecule has 0 bridgehead atoms. The van der Waals surface area contributed by atoms with Gasteiger partial charge in [0.1, 0.15) is 11.8 Å². The van der Waals surface area contributed by atoms with E-state index in [2.05, 4.69) is 38.8 Å². The third-order valence-corrected chi connectivity index (χ3v) is 4.32. The van der Waals surface area contributed by atoms with Crippen LogP contribution in [-0.4, -0.2) is 14.5 Å². The largest absolute Gasteiger partial charge is 0.424 e. The molecule has 2 aromatic heterocycles. The van der Waals surface area contributed by atoms with Crippen LogP contribution in [0.3, 0.4) is 0 Å². The highest BCUT2D eigenvalue weighted by Gasteiger charge is 2.09. The molecular weight excluding hydrogens is 324 g/mol. The summed E-state index contributed by atoms with van der Waals surface area (Å²) in [7, 11) is 0. The van der Waals surface area contributed by atoms with Gasteiger partial charge >= 0.3 is 0 Å². The lowest BCUT2D eigenvalue weighted by atomic mass is 10.0. The van der Waals surface area contributed by atoms with Crippen LogP contribution >= 0.6 is 0 Å². The van der Waals surface area contributed by atoms with E-state index in [1.807, 2.05) is 48.8 Å². The van der Waals surface area contributed by atoms with Gasteiger partial charge < -0.3 is 10.2 Å². The van der Waals surface area contributed by atoms with Crippen LogP contribution in [0.2, 0.25) is 0 Å². The lowest BCUT2D eigenvalue weighted by molar-refractivity contribution is 0.626. The quantitative estimate of drug-likeness (QED) is 0.487. The monoisotopic (exact) mass is 342 g/mol. The number of nitrogens with zero attached hydrogens (tertiary/aromatic N) is 3. The zero-order chi connectivity index (χ0) is 16.8. The number of anilines is 1. The van der Waals surface area contributed by atoms with Gasteiger partial charge in [-0.1, -0.05) is 37.8 Å². The molecular formula is C21H18N4O. The number of benzene rings is 3. The first-order valence-electron chi connectivity index (χ1n) is 7.97. The van der Waals surface area contributed by atoms with Gasteiger partial charge in [0.05, 0.1) is 11.0 Å². The molecule has 0 saturated heterocycles. The average Bonchev–Trinajstić information content (AvgIpc) is 3.23. The number of hydrogen-bond acceptors (Lipinski definition) is 4. The van der Waals surface area contributed by atoms with Crippen LogP contribution in [0.5, 0.6) is 0 Å². The van der Waals surface area contributed by atoms with E-state index >= 15 is 0 Å². The number of nitrogens with two attached hydrogens (primary N) is 1. The van der Waals surface area contributed by atoms with E-state index in [9.17, 15) is 0 Å². The van der Waals surface area contributed by atoms with Crippen molar-refractivity contribution in [2.45, 2.75) is 7.43 Å². The van der Waals surface area contributed by atoms with Crippen molar-refractivity contribution >= 4 is 28.1 Å². The van der Waals surface area contributed by atoms with Crippen LogP contribution in [-0.2, 0) is 0 Å². The minimum atomic E-state index is 0. The van der Waals surface area contributed by atoms with Gasteiger partial charge in [0.2, 0.25) is 0 Å². The van der Waals surface area contributed by atoms with E-state index in [0.29, 0.717) is 5.58 Å². The van der Waals surface area contributed by atoms with Gasteiger partial charge in [-0.3, -0.25) is 4.57 Å². The number of fused-ring (bicyclic) bond motifs is 2. The SMILES string of the molecule is C.Nc1nc2cc(-c3ccc4ncn(-c5ccccc5)c4c3)ccc2o1. The topological polar surface area (TPSA) is 69.9 Å². The fourth-order valence-corrected chi connectivity index (χ4v) is 3.11. The highest BCUT2D eigenvalue weighted by Crippen LogP contribution is 2.28. The summed E-state index contributed by atoms with van der Waals surface area (Å²) >= 11 is 0. The van der Waals surface area contributed by atoms with E-state index in [1.54, 1.807) is 0 Å². The molecule has 0 saturated carbocycles. The van der Waals surface area contributed by atoms with E-state index in [4.69, 9.17) is 10.2 Å². The molecule has 2 N–H and O–H groups in total. The molecule has 0 unspecified atom stereocenters. The van der Waals surface area contributed by atoms with Crippen molar-refractivity contribution in [1.82, 2.24) is 14.5 Å². The maximum absolute atomic E-state index is 5.63. The summed E-state index contributed by atoms with van der Waals surface area (Å²) in [6.45, 7) is 0. The van der Waals surface area contributed by atoms with Crippen LogP contribution in [0.25, 0.3) is 38.9 Å². The Hall–Kier alpha value is -3.60. The molecule has 0 atom stereocenters. The standard InChI is InChI=1S/C20H14N4O.CH4/c21-20-23-17-10-13(7-9-19(17)25-20)14-6-8-16-18(11-14)24(12-22-16)15-4-2-1-3-5-15;/h1-12H,(H2,21,23);1H4. The Labute approximate surface area is 150 Å². The van der Waals surface area contributed by atoms with Gasteiger partial charge in [-0.05, 0) is 47.5 Å². The van der Waals surface area contributed by atoms with Crippen LogP contribution < -0.4 is 5.73 Å². The van der Waals surface area contributed by atoms with Gasteiger partial charge in [0.15, 0.2) is 5.58 Å². The second kappa shape index (κ2) is 6.04. The maximum atomic E-state index is 5.63. The van der Waals surface area contributed by atoms with Crippen molar-refractivity contribution in [3.05, 3.63) is 73.1 Å². The van der Waals surface area contributed by atoms with E-state index in [-0.39, 0.29) is 13.4 Å². The van der Waals surface area contributed by atoms with Crippen molar-refractivity contribution < 1.29 is 4.42 Å². The molecule has 0 aliphatic rings. The Balaban J connectivity index is 0.00000168. The molecule has 0 aliphatic heterocycles. The summed E-state index contributed by atoms with van der Waals surface area (Å²) in [5, 5.41) is 0. The first-order chi connectivity index (χ1) is 12.3. The fraction of sp³-hybridized carbons (Fsp3) is 0.0476. The first kappa shape index (κ1) is 15.9. The zero-order valence-corrected chi connectivity index (χ0v) is 13.3. The number of imidazole rings is 1. The maximum Gasteiger partial charge on any atom is 0.292 e. The van der Waals surface area contributed by atoms with Crippen molar-refractivity contribution in [2.75, 3.05) is 5.73 Å². The molecule has 128 valence electrons. The minimum Gasteiger partial charge on any atom is -0.424 e. The number of nitrogen functional groups attached to an aromatic ring is 1. The normalized spacial score (nSPS) is 10.9. The lowest BCUT2D eigenvalue weighted by Crippen LogP contribution is -1.91. The Bertz CT molecular complexity index is 1200. The summed E-state index contributed by atoms with van der Waals surface area (Å²) in [6, 6.07) is 22.5. The summed E-state index contributed by atoms with van der Waals surface area (Å²) in [6.07, 6.45) is 1.85. The molecule has 5 aromatic rings. The lowest BCUT2D eigenvalue weighted by Gasteiger charge is -2.06. The molecule has 0 fully saturated rings. The highest BCUT2D eigenvalue weighted by atomic mass is 16.4. The number of hydrogen-bond donors (Lipinski definition) is 1. The smallest absolute Gasteiger partial charge is 0.292 e. The summed E-state index contributed by atoms with van der Waals surface area (Å²) < 4.78 is 7.43. The second-order valence-corrected chi connectivity index (χ2v) is 5.89. The van der Waals surface area contributed by atoms with Gasteiger partial charge in [0, 0.05) is 5.69 Å². The van der Waals surface area contributed by atoms with Crippen LogP contribution in [0.15, 0.2) is 77.5 Å². The number of para-hydroxylation sites is 1. The van der Waals surface area contributed by atoms with Crippen LogP contribution in [0.4, 0.5) is 6.01 Å². The Morgan fingerprint density at radius 1 is 0.846 bits per heavy atom. The van der Waals surface area contributed by atoms with Crippen LogP contribution in [0, 0.1) is 0 Å². The number of aromatic nitrogens is 3. The first-order valence-corrected chi connectivity index (χ1v) is 7.97. The predicted octanol–water partition coefficient (Wildman–Crippen LogP) is 5.05. The number of oxazole rings is 1. The van der Waals surface area contributed by atoms with Crippen LogP contribution in [0.1, 0.15) is 7.43 Å². The van der Waals surface area contributed by atoms with E-state index < -0.39 is 0 Å². The molecule has 5 heteroatoms.